The third-order valence-corrected chi connectivity index (χ3v) is 11.7. The van der Waals surface area contributed by atoms with Crippen molar-refractivity contribution in [2.24, 2.45) is 18.4 Å². The van der Waals surface area contributed by atoms with Gasteiger partial charge in [-0.15, -0.1) is 0 Å². The van der Waals surface area contributed by atoms with E-state index in [2.05, 4.69) is 34.7 Å². The fraction of sp³-hybridized carbons (Fsp3) is 0.608. The summed E-state index contributed by atoms with van der Waals surface area (Å²) in [6.07, 6.45) is 10.7. The molecule has 0 spiro atoms. The Bertz CT molecular complexity index is 2320. The van der Waals surface area contributed by atoms with Crippen molar-refractivity contribution in [3.8, 4) is 0 Å². The second kappa shape index (κ2) is 22.0. The van der Waals surface area contributed by atoms with Gasteiger partial charge in [0.1, 0.15) is 29.3 Å². The van der Waals surface area contributed by atoms with Crippen LogP contribution >= 0.6 is 0 Å². The standard InChI is InChI=1S/C51H77N7O10/c1-30(2)36(27-32(4)43(62)53-40(31(3)28-39(61)67-49(8,9)10)44(63)52-25-26-58-37(59)23-24-38(58)60)56(17)46(65)41(48(5,6)7)54-45(64)42(57(18)47(66)68-50(11,12)13)51(14,15)34-29-55(16)35-22-20-19-21-33(34)35/h21-24,27,29-30,36,40-42H,3,19-20,25-26,28H2,1-2,4-18H3,(H,52,63)(H,53,62)(H,54,64)/b32-27+/t36-,40-,41-,42-/m1/s1. The second-order valence-electron chi connectivity index (χ2n) is 21.8. The number of nitrogens with one attached hydrogen (secondary N) is 3. The SMILES string of the molecule is C=C(CC(=O)OC(C)(C)C)[C@@H](NC(=O)/C(C)=C/[C@H](C(C)C)N(C)C(=O)[C@@H](NC(=O)[C@@H](N(C)C(=O)OC(C)(C)C)C(C)(C)c1cn(C)c2c1=CCCC=2)C(C)(C)C)C(=O)NCCN1C(=O)C=CC1=O. The Morgan fingerprint density at radius 1 is 0.824 bits per heavy atom. The molecule has 3 rings (SSSR count). The first-order chi connectivity index (χ1) is 31.1. The summed E-state index contributed by atoms with van der Waals surface area (Å²) in [5.41, 5.74) is -2.53. The van der Waals surface area contributed by atoms with E-state index in [1.54, 1.807) is 54.7 Å². The minimum absolute atomic E-state index is 0.0202. The Morgan fingerprint density at radius 2 is 1.38 bits per heavy atom. The number of ether oxygens (including phenoxy) is 2. The number of imide groups is 1. The fourth-order valence-corrected chi connectivity index (χ4v) is 8.28. The van der Waals surface area contributed by atoms with Crippen LogP contribution in [0.25, 0.3) is 12.2 Å². The summed E-state index contributed by atoms with van der Waals surface area (Å²) in [4.78, 5) is 112. The molecule has 376 valence electrons. The number of hydrogen-bond donors (Lipinski definition) is 3. The average Bonchev–Trinajstić information content (AvgIpc) is 3.72. The molecule has 0 bridgehead atoms. The summed E-state index contributed by atoms with van der Waals surface area (Å²) >= 11 is 0. The smallest absolute Gasteiger partial charge is 0.410 e. The van der Waals surface area contributed by atoms with E-state index >= 15 is 0 Å². The number of likely N-dealkylation sites (N-methyl/N-ethyl adjacent to an activating group) is 2. The molecule has 1 aliphatic carbocycles. The molecule has 2 aliphatic rings. The quantitative estimate of drug-likeness (QED) is 0.0843. The number of aryl methyl sites for hydroxylation is 1. The van der Waals surface area contributed by atoms with Crippen LogP contribution in [0, 0.1) is 11.3 Å². The van der Waals surface area contributed by atoms with E-state index in [0.29, 0.717) is 0 Å². The Morgan fingerprint density at radius 3 is 1.91 bits per heavy atom. The molecule has 3 N–H and O–H groups in total. The first kappa shape index (κ1) is 56.3. The largest absolute Gasteiger partial charge is 0.460 e. The van der Waals surface area contributed by atoms with Gasteiger partial charge in [0, 0.05) is 68.9 Å². The Kier molecular flexibility index (Phi) is 18.2. The van der Waals surface area contributed by atoms with E-state index in [1.807, 2.05) is 66.3 Å². The number of carbonyl (C=O) groups is 8. The maximum Gasteiger partial charge on any atom is 0.410 e. The minimum Gasteiger partial charge on any atom is -0.460 e. The molecule has 1 aromatic heterocycles. The summed E-state index contributed by atoms with van der Waals surface area (Å²) in [6.45, 7) is 28.5. The lowest BCUT2D eigenvalue weighted by Crippen LogP contribution is -2.63. The molecule has 0 unspecified atom stereocenters. The van der Waals surface area contributed by atoms with Gasteiger partial charge in [-0.05, 0) is 89.0 Å². The predicted molar refractivity (Wildman–Crippen MR) is 261 cm³/mol. The van der Waals surface area contributed by atoms with Crippen molar-refractivity contribution < 1.29 is 47.8 Å². The third-order valence-electron chi connectivity index (χ3n) is 11.7. The Balaban J connectivity index is 1.98. The summed E-state index contributed by atoms with van der Waals surface area (Å²) in [5.74, 6) is -4.47. The molecule has 1 aliphatic heterocycles. The van der Waals surface area contributed by atoms with E-state index in [1.165, 1.54) is 23.8 Å². The van der Waals surface area contributed by atoms with Crippen molar-refractivity contribution >= 4 is 59.7 Å². The predicted octanol–water partition coefficient (Wildman–Crippen LogP) is 3.67. The second-order valence-corrected chi connectivity index (χ2v) is 21.8. The van der Waals surface area contributed by atoms with Crippen LogP contribution in [0.3, 0.4) is 0 Å². The van der Waals surface area contributed by atoms with Crippen LogP contribution in [-0.4, -0.2) is 129 Å². The van der Waals surface area contributed by atoms with Crippen LogP contribution in [-0.2, 0) is 55.5 Å². The number of nitrogens with zero attached hydrogens (tertiary/aromatic N) is 4. The van der Waals surface area contributed by atoms with Crippen molar-refractivity contribution in [2.75, 3.05) is 27.2 Å². The molecule has 7 amide bonds. The number of esters is 1. The van der Waals surface area contributed by atoms with E-state index in [-0.39, 0.29) is 30.2 Å². The van der Waals surface area contributed by atoms with Gasteiger partial charge in [0.15, 0.2) is 0 Å². The highest BCUT2D eigenvalue weighted by molar-refractivity contribution is 6.13. The van der Waals surface area contributed by atoms with Gasteiger partial charge in [0.25, 0.3) is 11.8 Å². The van der Waals surface area contributed by atoms with Gasteiger partial charge in [-0.25, -0.2) is 4.79 Å². The van der Waals surface area contributed by atoms with Crippen LogP contribution in [0.4, 0.5) is 4.79 Å². The highest BCUT2D eigenvalue weighted by Crippen LogP contribution is 2.31. The highest BCUT2D eigenvalue weighted by Gasteiger charge is 2.47. The van der Waals surface area contributed by atoms with Gasteiger partial charge in [-0.2, -0.15) is 0 Å². The molecule has 0 fully saturated rings. The molecule has 1 aromatic rings. The van der Waals surface area contributed by atoms with Crippen molar-refractivity contribution in [3.63, 3.8) is 0 Å². The summed E-state index contributed by atoms with van der Waals surface area (Å²) in [7, 11) is 5.05. The first-order valence-corrected chi connectivity index (χ1v) is 23.2. The average molecular weight is 948 g/mol. The zero-order valence-corrected chi connectivity index (χ0v) is 43.5. The zero-order chi connectivity index (χ0) is 52.0. The molecular weight excluding hydrogens is 871 g/mol. The molecule has 4 atom stereocenters. The van der Waals surface area contributed by atoms with Crippen molar-refractivity contribution in [1.82, 2.24) is 35.2 Å². The Labute approximate surface area is 402 Å². The molecule has 17 heteroatoms. The van der Waals surface area contributed by atoms with Gasteiger partial charge >= 0.3 is 12.1 Å². The van der Waals surface area contributed by atoms with Crippen LogP contribution in [0.5, 0.6) is 0 Å². The fourth-order valence-electron chi connectivity index (χ4n) is 8.28. The molecule has 17 nitrogen and oxygen atoms in total. The summed E-state index contributed by atoms with van der Waals surface area (Å²) < 4.78 is 13.2. The molecule has 0 radical (unpaired) electrons. The molecule has 0 saturated heterocycles. The number of rotatable bonds is 18. The highest BCUT2D eigenvalue weighted by atomic mass is 16.6. The molecule has 2 heterocycles. The molecule has 0 saturated carbocycles. The van der Waals surface area contributed by atoms with Gasteiger partial charge < -0.3 is 34.9 Å². The van der Waals surface area contributed by atoms with E-state index in [0.717, 1.165) is 46.0 Å². The summed E-state index contributed by atoms with van der Waals surface area (Å²) in [5, 5.41) is 10.3. The van der Waals surface area contributed by atoms with Crippen LogP contribution in [0.15, 0.2) is 42.2 Å². The minimum atomic E-state index is -1.44. The number of aromatic nitrogens is 1. The number of fused-ring (bicyclic) bond motifs is 1. The van der Waals surface area contributed by atoms with Crippen molar-refractivity contribution in [3.05, 3.63) is 58.3 Å². The molecule has 68 heavy (non-hydrogen) atoms. The molecule has 0 aromatic carbocycles. The van der Waals surface area contributed by atoms with Gasteiger partial charge in [0.2, 0.25) is 23.6 Å². The lowest BCUT2D eigenvalue weighted by molar-refractivity contribution is -0.154. The Hall–Kier alpha value is -6.00. The van der Waals surface area contributed by atoms with Crippen LogP contribution in [0.2, 0.25) is 0 Å². The number of carbonyl (C=O) groups excluding carboxylic acids is 8. The normalized spacial score (nSPS) is 16.1. The van der Waals surface area contributed by atoms with E-state index < -0.39 is 100 Å². The van der Waals surface area contributed by atoms with Gasteiger partial charge in [-0.3, -0.25) is 43.4 Å². The number of hydrogen-bond acceptors (Lipinski definition) is 10. The summed E-state index contributed by atoms with van der Waals surface area (Å²) in [6, 6.07) is -4.42. The lowest BCUT2D eigenvalue weighted by atomic mass is 9.76. The number of amides is 7. The van der Waals surface area contributed by atoms with Crippen molar-refractivity contribution in [2.45, 2.75) is 157 Å². The monoisotopic (exact) mass is 948 g/mol. The maximum atomic E-state index is 15.0. The van der Waals surface area contributed by atoms with Crippen LogP contribution in [0.1, 0.15) is 122 Å². The van der Waals surface area contributed by atoms with E-state index in [4.69, 9.17) is 9.47 Å². The topological polar surface area (TPSA) is 206 Å². The van der Waals surface area contributed by atoms with E-state index in [9.17, 15) is 38.4 Å². The maximum absolute atomic E-state index is 15.0. The van der Waals surface area contributed by atoms with Gasteiger partial charge in [-0.1, -0.05) is 73.3 Å². The third kappa shape index (κ3) is 14.5. The molecular formula is C51H77N7O10. The first-order valence-electron chi connectivity index (χ1n) is 23.2. The zero-order valence-electron chi connectivity index (χ0n) is 43.5. The van der Waals surface area contributed by atoms with Crippen molar-refractivity contribution in [1.29, 1.82) is 0 Å². The van der Waals surface area contributed by atoms with Gasteiger partial charge in [0.05, 0.1) is 12.5 Å². The lowest BCUT2D eigenvalue weighted by Gasteiger charge is -2.42. The van der Waals surface area contributed by atoms with Crippen LogP contribution < -0.4 is 26.5 Å².